The van der Waals surface area contributed by atoms with Crippen LogP contribution in [0, 0.1) is 6.92 Å². The number of likely N-dealkylation sites (N-methyl/N-ethyl adjacent to an activating group) is 1. The van der Waals surface area contributed by atoms with Gasteiger partial charge in [0.2, 0.25) is 11.8 Å². The van der Waals surface area contributed by atoms with Crippen LogP contribution in [0.3, 0.4) is 0 Å². The Balaban J connectivity index is 1.82. The first-order valence-electron chi connectivity index (χ1n) is 14.3. The zero-order valence-electron chi connectivity index (χ0n) is 25.9. The number of sulfonamides is 1. The Morgan fingerprint density at radius 2 is 1.50 bits per heavy atom. The predicted molar refractivity (Wildman–Crippen MR) is 180 cm³/mol. The normalized spacial score (nSPS) is 11.8. The second-order valence-electron chi connectivity index (χ2n) is 10.5. The summed E-state index contributed by atoms with van der Waals surface area (Å²) < 4.78 is 40.2. The number of amides is 2. The number of nitrogens with one attached hydrogen (secondary N) is 1. The summed E-state index contributed by atoms with van der Waals surface area (Å²) in [5.41, 5.74) is 2.59. The van der Waals surface area contributed by atoms with Crippen molar-refractivity contribution in [3.63, 3.8) is 0 Å². The Morgan fingerprint density at radius 3 is 2.11 bits per heavy atom. The van der Waals surface area contributed by atoms with E-state index >= 15 is 0 Å². The maximum Gasteiger partial charge on any atom is 0.264 e. The first kappa shape index (κ1) is 34.6. The van der Waals surface area contributed by atoms with Gasteiger partial charge in [-0.1, -0.05) is 77.3 Å². The number of rotatable bonds is 13. The number of ether oxygens (including phenoxy) is 2. The lowest BCUT2D eigenvalue weighted by molar-refractivity contribution is -0.139. The van der Waals surface area contributed by atoms with E-state index in [2.05, 4.69) is 5.32 Å². The summed E-state index contributed by atoms with van der Waals surface area (Å²) in [6, 6.07) is 24.2. The molecule has 1 atom stereocenters. The maximum atomic E-state index is 14.4. The number of aryl methyl sites for hydroxylation is 1. The predicted octanol–water partition coefficient (Wildman–Crippen LogP) is 5.90. The minimum absolute atomic E-state index is 0.0429. The van der Waals surface area contributed by atoms with Crippen molar-refractivity contribution in [2.75, 3.05) is 32.1 Å². The Kier molecular flexibility index (Phi) is 11.6. The van der Waals surface area contributed by atoms with Gasteiger partial charge in [0.1, 0.15) is 12.6 Å². The summed E-state index contributed by atoms with van der Waals surface area (Å²) in [4.78, 5) is 29.1. The Bertz CT molecular complexity index is 1790. The van der Waals surface area contributed by atoms with E-state index in [1.54, 1.807) is 42.5 Å². The number of hydrogen-bond donors (Lipinski definition) is 1. The number of carbonyl (C=O) groups excluding carboxylic acids is 2. The molecule has 0 heterocycles. The maximum absolute atomic E-state index is 14.4. The fraction of sp³-hybridized carbons (Fsp3) is 0.235. The largest absolute Gasteiger partial charge is 0.493 e. The van der Waals surface area contributed by atoms with E-state index in [-0.39, 0.29) is 34.3 Å². The molecular weight excluding hydrogens is 649 g/mol. The topological polar surface area (TPSA) is 105 Å². The van der Waals surface area contributed by atoms with Crippen molar-refractivity contribution < 1.29 is 27.5 Å². The molecule has 0 saturated carbocycles. The minimum atomic E-state index is -4.34. The van der Waals surface area contributed by atoms with E-state index in [4.69, 9.17) is 32.7 Å². The number of carbonyl (C=O) groups is 2. The number of nitrogens with zero attached hydrogens (tertiary/aromatic N) is 2. The van der Waals surface area contributed by atoms with Gasteiger partial charge in [0.15, 0.2) is 11.5 Å². The van der Waals surface area contributed by atoms with Crippen LogP contribution in [0.5, 0.6) is 11.5 Å². The third kappa shape index (κ3) is 8.12. The standard InChI is InChI=1S/C34H35Cl2N3O6S/c1-23-10-13-26(14-11-23)39(46(42,43)27-15-17-31(44-3)32(20-27)45-4)22-33(40)38(21-25-12-16-28(35)29(36)18-25)30(34(41)37-2)19-24-8-6-5-7-9-24/h5-18,20,30H,19,21-22H2,1-4H3,(H,37,41)/t30-/m1/s1. The smallest absolute Gasteiger partial charge is 0.264 e. The first-order valence-corrected chi connectivity index (χ1v) is 16.5. The highest BCUT2D eigenvalue weighted by Crippen LogP contribution is 2.33. The van der Waals surface area contributed by atoms with Crippen LogP contribution in [0.4, 0.5) is 5.69 Å². The molecule has 2 amide bonds. The highest BCUT2D eigenvalue weighted by Gasteiger charge is 2.34. The SMILES string of the molecule is CNC(=O)[C@@H](Cc1ccccc1)N(Cc1ccc(Cl)c(Cl)c1)C(=O)CN(c1ccc(C)cc1)S(=O)(=O)c1ccc(OC)c(OC)c1. The molecule has 242 valence electrons. The van der Waals surface area contributed by atoms with Crippen LogP contribution in [-0.4, -0.2) is 59.0 Å². The summed E-state index contributed by atoms with van der Waals surface area (Å²) in [5.74, 6) is -0.466. The van der Waals surface area contributed by atoms with E-state index in [1.807, 2.05) is 37.3 Å². The van der Waals surface area contributed by atoms with Gasteiger partial charge in [-0.3, -0.25) is 13.9 Å². The molecule has 0 spiro atoms. The average molecular weight is 685 g/mol. The summed E-state index contributed by atoms with van der Waals surface area (Å²) in [6.07, 6.45) is 0.181. The third-order valence-electron chi connectivity index (χ3n) is 7.40. The van der Waals surface area contributed by atoms with E-state index < -0.39 is 34.4 Å². The molecule has 0 bridgehead atoms. The molecule has 1 N–H and O–H groups in total. The van der Waals surface area contributed by atoms with Crippen LogP contribution < -0.4 is 19.1 Å². The van der Waals surface area contributed by atoms with Crippen molar-refractivity contribution in [1.82, 2.24) is 10.2 Å². The van der Waals surface area contributed by atoms with Crippen LogP contribution in [0.25, 0.3) is 0 Å². The molecule has 0 saturated heterocycles. The first-order chi connectivity index (χ1) is 22.0. The van der Waals surface area contributed by atoms with Gasteiger partial charge < -0.3 is 19.7 Å². The number of benzene rings is 4. The van der Waals surface area contributed by atoms with Crippen molar-refractivity contribution in [1.29, 1.82) is 0 Å². The fourth-order valence-electron chi connectivity index (χ4n) is 4.90. The molecule has 4 aromatic rings. The molecule has 0 aromatic heterocycles. The van der Waals surface area contributed by atoms with Gasteiger partial charge in [-0.15, -0.1) is 0 Å². The number of anilines is 1. The molecule has 12 heteroatoms. The molecule has 0 radical (unpaired) electrons. The van der Waals surface area contributed by atoms with Gasteiger partial charge >= 0.3 is 0 Å². The quantitative estimate of drug-likeness (QED) is 0.188. The summed E-state index contributed by atoms with van der Waals surface area (Å²) in [7, 11) is 0.00413. The zero-order valence-corrected chi connectivity index (χ0v) is 28.2. The summed E-state index contributed by atoms with van der Waals surface area (Å²) in [6.45, 7) is 1.22. The fourth-order valence-corrected chi connectivity index (χ4v) is 6.65. The van der Waals surface area contributed by atoms with Gasteiger partial charge in [-0.2, -0.15) is 0 Å². The van der Waals surface area contributed by atoms with Crippen molar-refractivity contribution in [2.45, 2.75) is 30.8 Å². The number of methoxy groups -OCH3 is 2. The molecule has 0 aliphatic carbocycles. The van der Waals surface area contributed by atoms with Crippen LogP contribution in [0.2, 0.25) is 10.0 Å². The van der Waals surface area contributed by atoms with Crippen LogP contribution in [0.15, 0.2) is 95.9 Å². The Labute approximate surface area is 279 Å². The Hall–Kier alpha value is -4.25. The molecule has 0 aliphatic heterocycles. The molecule has 0 aliphatic rings. The molecular formula is C34H35Cl2N3O6S. The second kappa shape index (κ2) is 15.4. The molecule has 0 unspecified atom stereocenters. The number of hydrogen-bond acceptors (Lipinski definition) is 6. The molecule has 4 rings (SSSR count). The monoisotopic (exact) mass is 683 g/mol. The highest BCUT2D eigenvalue weighted by atomic mass is 35.5. The van der Waals surface area contributed by atoms with Gasteiger partial charge in [0, 0.05) is 26.1 Å². The lowest BCUT2D eigenvalue weighted by atomic mass is 10.0. The van der Waals surface area contributed by atoms with E-state index in [0.717, 1.165) is 15.4 Å². The molecule has 9 nitrogen and oxygen atoms in total. The zero-order chi connectivity index (χ0) is 33.4. The highest BCUT2D eigenvalue weighted by molar-refractivity contribution is 7.92. The third-order valence-corrected chi connectivity index (χ3v) is 9.91. The molecule has 0 fully saturated rings. The lowest BCUT2D eigenvalue weighted by Gasteiger charge is -2.33. The van der Waals surface area contributed by atoms with E-state index in [9.17, 15) is 18.0 Å². The van der Waals surface area contributed by atoms with Gasteiger partial charge in [0.05, 0.1) is 34.8 Å². The summed E-state index contributed by atoms with van der Waals surface area (Å²) in [5, 5.41) is 3.28. The average Bonchev–Trinajstić information content (AvgIpc) is 3.06. The van der Waals surface area contributed by atoms with Gasteiger partial charge in [-0.05, 0) is 54.4 Å². The van der Waals surface area contributed by atoms with Crippen molar-refractivity contribution in [2.24, 2.45) is 0 Å². The van der Waals surface area contributed by atoms with Gasteiger partial charge in [-0.25, -0.2) is 8.42 Å². The van der Waals surface area contributed by atoms with Crippen molar-refractivity contribution in [3.8, 4) is 11.5 Å². The van der Waals surface area contributed by atoms with E-state index in [1.165, 1.54) is 44.4 Å². The molecule has 46 heavy (non-hydrogen) atoms. The number of halogens is 2. The lowest BCUT2D eigenvalue weighted by Crippen LogP contribution is -2.53. The minimum Gasteiger partial charge on any atom is -0.493 e. The van der Waals surface area contributed by atoms with Crippen molar-refractivity contribution >= 4 is 50.7 Å². The van der Waals surface area contributed by atoms with E-state index in [0.29, 0.717) is 16.3 Å². The summed E-state index contributed by atoms with van der Waals surface area (Å²) >= 11 is 12.5. The van der Waals surface area contributed by atoms with Crippen LogP contribution in [-0.2, 0) is 32.6 Å². The van der Waals surface area contributed by atoms with Crippen LogP contribution >= 0.6 is 23.2 Å². The van der Waals surface area contributed by atoms with Gasteiger partial charge in [0.25, 0.3) is 10.0 Å². The Morgan fingerprint density at radius 1 is 0.826 bits per heavy atom. The second-order valence-corrected chi connectivity index (χ2v) is 13.1. The molecule has 4 aromatic carbocycles. The van der Waals surface area contributed by atoms with Crippen LogP contribution in [0.1, 0.15) is 16.7 Å². The van der Waals surface area contributed by atoms with Crippen molar-refractivity contribution in [3.05, 3.63) is 118 Å².